The fraction of sp³-hybridized carbons (Fsp3) is 0.650. The molecule has 0 amide bonds. The number of carboxylic acids is 1. The molecule has 1 aliphatic heterocycles. The smallest absolute Gasteiger partial charge is 0.303 e. The maximum absolute atomic E-state index is 13.3. The van der Waals surface area contributed by atoms with Crippen molar-refractivity contribution >= 4 is 27.0 Å². The minimum absolute atomic E-state index is 0.147. The number of fused-ring (bicyclic) bond motifs is 1. The van der Waals surface area contributed by atoms with Gasteiger partial charge in [-0.3, -0.25) is 14.3 Å². The lowest BCUT2D eigenvalue weighted by molar-refractivity contribution is -0.137. The van der Waals surface area contributed by atoms with Crippen LogP contribution in [-0.2, 0) is 28.3 Å². The van der Waals surface area contributed by atoms with Crippen LogP contribution in [0.2, 0.25) is 0 Å². The van der Waals surface area contributed by atoms with E-state index in [1.165, 1.54) is 79.6 Å². The fourth-order valence-electron chi connectivity index (χ4n) is 6.44. The molecule has 2 N–H and O–H groups in total. The molecule has 1 fully saturated rings. The predicted octanol–water partition coefficient (Wildman–Crippen LogP) is 7.72. The lowest BCUT2D eigenvalue weighted by Gasteiger charge is -2.31. The van der Waals surface area contributed by atoms with Crippen molar-refractivity contribution in [3.8, 4) is 17.1 Å². The van der Waals surface area contributed by atoms with Gasteiger partial charge in [-0.1, -0.05) is 83.8 Å². The van der Waals surface area contributed by atoms with Crippen LogP contribution in [0.15, 0.2) is 40.0 Å². The summed E-state index contributed by atoms with van der Waals surface area (Å²) in [7, 11) is -0.00831. The standard InChI is InChI=1S/C22H30N6O4S.C18H34O2/c1-5-7-17-19-20(27(4)25-17)22(29)24-21(23-19)16-14-15(8-9-18(16)32-6-2)33(30,31)28-12-10-26(3)11-13-28;1-2-3-4-5-6-7-8-9-10-11-12-13-14-15-16-17-18(19)20/h8-9,14H,5-7,10-13H2,1-4H3,(H,23,24,29);9-10H,2-8,11-17H2,1H3,(H,19,20)/b;10-9-. The molecule has 3 heterocycles. The maximum atomic E-state index is 13.3. The molecule has 1 aromatic carbocycles. The Labute approximate surface area is 317 Å². The Morgan fingerprint density at radius 3 is 2.11 bits per heavy atom. The zero-order valence-electron chi connectivity index (χ0n) is 32.9. The van der Waals surface area contributed by atoms with Crippen LogP contribution in [0.4, 0.5) is 0 Å². The van der Waals surface area contributed by atoms with E-state index in [2.05, 4.69) is 34.1 Å². The Balaban J connectivity index is 0.000000327. The number of hydrogen-bond donors (Lipinski definition) is 2. The number of piperazine rings is 1. The molecule has 0 unspecified atom stereocenters. The van der Waals surface area contributed by atoms with Gasteiger partial charge in [0.1, 0.15) is 17.1 Å². The van der Waals surface area contributed by atoms with E-state index in [4.69, 9.17) is 14.8 Å². The number of allylic oxidation sites excluding steroid dienone is 2. The minimum atomic E-state index is -3.70. The highest BCUT2D eigenvalue weighted by Gasteiger charge is 2.29. The van der Waals surface area contributed by atoms with E-state index in [1.54, 1.807) is 25.2 Å². The number of aryl methyl sites for hydroxylation is 2. The van der Waals surface area contributed by atoms with Crippen LogP contribution >= 0.6 is 0 Å². The van der Waals surface area contributed by atoms with Crippen LogP contribution in [0.1, 0.15) is 123 Å². The largest absolute Gasteiger partial charge is 0.493 e. The first-order chi connectivity index (χ1) is 25.5. The molecule has 0 atom stereocenters. The molecule has 1 aliphatic rings. The van der Waals surface area contributed by atoms with Crippen LogP contribution < -0.4 is 10.3 Å². The van der Waals surface area contributed by atoms with Gasteiger partial charge in [-0.25, -0.2) is 13.4 Å². The summed E-state index contributed by atoms with van der Waals surface area (Å²) < 4.78 is 35.4. The van der Waals surface area contributed by atoms with Gasteiger partial charge in [0.2, 0.25) is 10.0 Å². The number of aromatic nitrogens is 4. The van der Waals surface area contributed by atoms with Crippen molar-refractivity contribution < 1.29 is 23.1 Å². The van der Waals surface area contributed by atoms with Crippen LogP contribution in [0, 0.1) is 0 Å². The summed E-state index contributed by atoms with van der Waals surface area (Å²) in [6.45, 7) is 8.74. The highest BCUT2D eigenvalue weighted by atomic mass is 32.2. The summed E-state index contributed by atoms with van der Waals surface area (Å²) in [6.07, 6.45) is 22.8. The number of carbonyl (C=O) groups is 1. The lowest BCUT2D eigenvalue weighted by Crippen LogP contribution is -2.47. The summed E-state index contributed by atoms with van der Waals surface area (Å²) in [5, 5.41) is 13.0. The second kappa shape index (κ2) is 23.3. The number of sulfonamides is 1. The zero-order chi connectivity index (χ0) is 38.6. The summed E-state index contributed by atoms with van der Waals surface area (Å²) in [4.78, 5) is 33.0. The van der Waals surface area contributed by atoms with Crippen molar-refractivity contribution in [2.45, 2.75) is 128 Å². The van der Waals surface area contributed by atoms with Crippen molar-refractivity contribution in [3.05, 3.63) is 46.4 Å². The number of rotatable bonds is 22. The molecule has 1 saturated heterocycles. The first-order valence-electron chi connectivity index (χ1n) is 19.8. The summed E-state index contributed by atoms with van der Waals surface area (Å²) in [5.74, 6) is 0.0533. The van der Waals surface area contributed by atoms with Crippen molar-refractivity contribution in [3.63, 3.8) is 0 Å². The first kappa shape index (κ1) is 43.9. The third-order valence-corrected chi connectivity index (χ3v) is 11.4. The molecule has 12 nitrogen and oxygen atoms in total. The van der Waals surface area contributed by atoms with Crippen LogP contribution in [-0.4, -0.2) is 88.3 Å². The van der Waals surface area contributed by atoms with Gasteiger partial charge in [-0.2, -0.15) is 9.40 Å². The molecular weight excluding hydrogens is 693 g/mol. The summed E-state index contributed by atoms with van der Waals surface area (Å²) in [6, 6.07) is 4.71. The van der Waals surface area contributed by atoms with Gasteiger partial charge < -0.3 is 19.7 Å². The highest BCUT2D eigenvalue weighted by Crippen LogP contribution is 2.32. The Kier molecular flexibility index (Phi) is 19.3. The maximum Gasteiger partial charge on any atom is 0.303 e. The van der Waals surface area contributed by atoms with Gasteiger partial charge >= 0.3 is 5.97 Å². The molecule has 0 aliphatic carbocycles. The monoisotopic (exact) mass is 756 g/mol. The van der Waals surface area contributed by atoms with Crippen LogP contribution in [0.25, 0.3) is 22.4 Å². The summed E-state index contributed by atoms with van der Waals surface area (Å²) in [5.41, 5.74) is 1.75. The molecule has 13 heteroatoms. The van der Waals surface area contributed by atoms with Gasteiger partial charge in [-0.15, -0.1) is 0 Å². The van der Waals surface area contributed by atoms with Crippen molar-refractivity contribution in [2.24, 2.45) is 7.05 Å². The molecule has 2 aromatic heterocycles. The van der Waals surface area contributed by atoms with Gasteiger partial charge in [0, 0.05) is 39.6 Å². The topological polar surface area (TPSA) is 151 Å². The van der Waals surface area contributed by atoms with Crippen molar-refractivity contribution in [1.82, 2.24) is 29.0 Å². The minimum Gasteiger partial charge on any atom is -0.493 e. The Morgan fingerprint density at radius 2 is 1.51 bits per heavy atom. The third-order valence-electron chi connectivity index (χ3n) is 9.51. The molecule has 0 spiro atoms. The van der Waals surface area contributed by atoms with E-state index in [9.17, 15) is 18.0 Å². The van der Waals surface area contributed by atoms with Gasteiger partial charge in [-0.05, 0) is 70.7 Å². The second-order valence-corrected chi connectivity index (χ2v) is 15.9. The number of H-pyrrole nitrogens is 1. The molecular formula is C40H64N6O6S. The molecule has 0 saturated carbocycles. The number of ether oxygens (including phenoxy) is 1. The van der Waals surface area contributed by atoms with Gasteiger partial charge in [0.05, 0.1) is 22.8 Å². The van der Waals surface area contributed by atoms with E-state index in [1.807, 2.05) is 20.9 Å². The van der Waals surface area contributed by atoms with Crippen molar-refractivity contribution in [1.29, 1.82) is 0 Å². The van der Waals surface area contributed by atoms with E-state index in [-0.39, 0.29) is 16.3 Å². The van der Waals surface area contributed by atoms with E-state index >= 15 is 0 Å². The van der Waals surface area contributed by atoms with Crippen LogP contribution in [0.3, 0.4) is 0 Å². The number of aromatic amines is 1. The Bertz CT molecular complexity index is 1740. The van der Waals surface area contributed by atoms with E-state index < -0.39 is 16.0 Å². The SMILES string of the molecule is CCCCCCCC/C=C\CCCCCCCC(=O)O.CCCc1nn(C)c2c(=O)[nH]c(-c3cc(S(=O)(=O)N4CCN(C)CC4)ccc3OCC)nc12. The highest BCUT2D eigenvalue weighted by molar-refractivity contribution is 7.89. The number of aliphatic carboxylic acids is 1. The Morgan fingerprint density at radius 1 is 0.887 bits per heavy atom. The molecule has 4 rings (SSSR count). The first-order valence-corrected chi connectivity index (χ1v) is 21.3. The lowest BCUT2D eigenvalue weighted by atomic mass is 10.1. The number of carboxylic acid groups (broad SMARTS) is 1. The molecule has 296 valence electrons. The van der Waals surface area contributed by atoms with Gasteiger partial charge in [0.15, 0.2) is 5.52 Å². The number of hydrogen-bond acceptors (Lipinski definition) is 8. The van der Waals surface area contributed by atoms with Crippen LogP contribution in [0.5, 0.6) is 5.75 Å². The molecule has 3 aromatic rings. The quantitative estimate of drug-likeness (QED) is 0.0776. The average molecular weight is 757 g/mol. The number of nitrogens with one attached hydrogen (secondary N) is 1. The molecule has 0 bridgehead atoms. The van der Waals surface area contributed by atoms with E-state index in [0.717, 1.165) is 25.0 Å². The van der Waals surface area contributed by atoms with E-state index in [0.29, 0.717) is 68.0 Å². The number of nitrogens with zero attached hydrogens (tertiary/aromatic N) is 5. The summed E-state index contributed by atoms with van der Waals surface area (Å²) >= 11 is 0. The second-order valence-electron chi connectivity index (χ2n) is 14.0. The molecule has 53 heavy (non-hydrogen) atoms. The number of benzene rings is 1. The van der Waals surface area contributed by atoms with Crippen molar-refractivity contribution in [2.75, 3.05) is 39.8 Å². The number of likely N-dealkylation sites (N-methyl/N-ethyl adjacent to an activating group) is 1. The number of unbranched alkanes of at least 4 members (excludes halogenated alkanes) is 11. The third kappa shape index (κ3) is 14.0. The zero-order valence-corrected chi connectivity index (χ0v) is 33.7. The fourth-order valence-corrected chi connectivity index (χ4v) is 7.89. The normalized spacial score (nSPS) is 14.1. The average Bonchev–Trinajstić information content (AvgIpc) is 3.45. The Hall–Kier alpha value is -3.55. The van der Waals surface area contributed by atoms with Gasteiger partial charge in [0.25, 0.3) is 5.56 Å². The predicted molar refractivity (Wildman–Crippen MR) is 213 cm³/mol. The molecule has 0 radical (unpaired) electrons.